The Hall–Kier alpha value is -3.43. The van der Waals surface area contributed by atoms with Crippen LogP contribution in [-0.4, -0.2) is 27.0 Å². The average molecular weight is 368 g/mol. The van der Waals surface area contributed by atoms with Crippen molar-refractivity contribution in [2.24, 2.45) is 5.73 Å². The molecule has 6 heteroatoms. The molecule has 1 aromatic carbocycles. The third-order valence-electron chi connectivity index (χ3n) is 5.56. The zero-order valence-electron chi connectivity index (χ0n) is 15.3. The molecule has 3 heterocycles. The van der Waals surface area contributed by atoms with Crippen LogP contribution in [0, 0.1) is 11.3 Å². The quantitative estimate of drug-likeness (QED) is 0.508. The predicted octanol–water partition coefficient (Wildman–Crippen LogP) is 3.94. The minimum Gasteiger partial charge on any atom is -0.367 e. The molecule has 28 heavy (non-hydrogen) atoms. The highest BCUT2D eigenvalue weighted by Crippen LogP contribution is 2.36. The molecular formula is C22H20N6. The molecule has 1 aliphatic carbocycles. The number of para-hydroxylation sites is 1. The van der Waals surface area contributed by atoms with Crippen LogP contribution in [0.5, 0.6) is 0 Å². The molecular weight excluding hydrogens is 348 g/mol. The number of hydrogen-bond donors (Lipinski definition) is 3. The molecule has 0 amide bonds. The van der Waals surface area contributed by atoms with E-state index in [1.54, 1.807) is 12.4 Å². The molecule has 1 saturated carbocycles. The molecule has 0 bridgehead atoms. The Balaban J connectivity index is 1.68. The predicted molar refractivity (Wildman–Crippen MR) is 111 cm³/mol. The molecule has 0 saturated heterocycles. The number of aromatic nitrogens is 3. The molecule has 138 valence electrons. The maximum absolute atomic E-state index is 9.73. The highest BCUT2D eigenvalue weighted by Gasteiger charge is 2.22. The number of pyridine rings is 2. The zero-order chi connectivity index (χ0) is 19.1. The van der Waals surface area contributed by atoms with Gasteiger partial charge in [-0.25, -0.2) is 4.98 Å². The van der Waals surface area contributed by atoms with Gasteiger partial charge in [0.25, 0.3) is 0 Å². The fourth-order valence-electron chi connectivity index (χ4n) is 4.18. The first kappa shape index (κ1) is 16.7. The number of aromatic amines is 1. The van der Waals surface area contributed by atoms with E-state index in [1.165, 1.54) is 0 Å². The van der Waals surface area contributed by atoms with Gasteiger partial charge in [0, 0.05) is 51.9 Å². The van der Waals surface area contributed by atoms with E-state index in [-0.39, 0.29) is 6.04 Å². The molecule has 1 fully saturated rings. The number of hydrogen-bond acceptors (Lipinski definition) is 5. The second kappa shape index (κ2) is 6.63. The van der Waals surface area contributed by atoms with Gasteiger partial charge in [0.2, 0.25) is 0 Å². The smallest absolute Gasteiger partial charge is 0.126 e. The summed E-state index contributed by atoms with van der Waals surface area (Å²) in [5, 5.41) is 15.2. The van der Waals surface area contributed by atoms with Crippen LogP contribution in [0.4, 0.5) is 5.82 Å². The average Bonchev–Trinajstić information content (AvgIpc) is 3.33. The van der Waals surface area contributed by atoms with Gasteiger partial charge in [-0.15, -0.1) is 0 Å². The summed E-state index contributed by atoms with van der Waals surface area (Å²) < 4.78 is 0. The Labute approximate surface area is 162 Å². The fraction of sp³-hybridized carbons (Fsp3) is 0.227. The van der Waals surface area contributed by atoms with Crippen molar-refractivity contribution in [3.8, 4) is 17.2 Å². The van der Waals surface area contributed by atoms with E-state index >= 15 is 0 Å². The van der Waals surface area contributed by atoms with E-state index in [2.05, 4.69) is 32.4 Å². The summed E-state index contributed by atoms with van der Waals surface area (Å²) in [6.07, 6.45) is 8.39. The van der Waals surface area contributed by atoms with E-state index in [0.29, 0.717) is 11.6 Å². The Kier molecular flexibility index (Phi) is 3.96. The monoisotopic (exact) mass is 368 g/mol. The number of nitrogens with zero attached hydrogens (tertiary/aromatic N) is 3. The first-order valence-electron chi connectivity index (χ1n) is 9.50. The number of nitriles is 1. The largest absolute Gasteiger partial charge is 0.367 e. The molecule has 0 spiro atoms. The van der Waals surface area contributed by atoms with Crippen molar-refractivity contribution in [3.05, 3.63) is 54.5 Å². The van der Waals surface area contributed by atoms with Crippen LogP contribution < -0.4 is 11.1 Å². The second-order valence-corrected chi connectivity index (χ2v) is 7.41. The van der Waals surface area contributed by atoms with Crippen LogP contribution in [0.25, 0.3) is 32.9 Å². The van der Waals surface area contributed by atoms with Gasteiger partial charge in [0.15, 0.2) is 0 Å². The molecule has 6 nitrogen and oxygen atoms in total. The molecule has 5 rings (SSSR count). The molecule has 1 aliphatic rings. The van der Waals surface area contributed by atoms with Crippen molar-refractivity contribution in [2.45, 2.75) is 31.3 Å². The highest BCUT2D eigenvalue weighted by molar-refractivity contribution is 6.06. The summed E-state index contributed by atoms with van der Waals surface area (Å²) in [5.74, 6) is 0.796. The normalized spacial score (nSPS) is 19.1. The lowest BCUT2D eigenvalue weighted by atomic mass is 9.97. The Morgan fingerprint density at radius 1 is 1.14 bits per heavy atom. The van der Waals surface area contributed by atoms with E-state index in [1.807, 2.05) is 30.5 Å². The van der Waals surface area contributed by atoms with Crippen LogP contribution >= 0.6 is 0 Å². The minimum atomic E-state index is 0.256. The SMILES string of the molecule is N#Cc1cnc2cnc(N[C@@H]3CC[C@H](N)C3)cc2c1-c1c[nH]c2ccccc12. The number of nitrogens with two attached hydrogens (primary N) is 1. The van der Waals surface area contributed by atoms with Crippen LogP contribution in [0.3, 0.4) is 0 Å². The molecule has 3 aromatic heterocycles. The summed E-state index contributed by atoms with van der Waals surface area (Å²) in [6, 6.07) is 13.0. The summed E-state index contributed by atoms with van der Waals surface area (Å²) in [6.45, 7) is 0. The van der Waals surface area contributed by atoms with Gasteiger partial charge < -0.3 is 16.0 Å². The highest BCUT2D eigenvalue weighted by atomic mass is 15.0. The number of nitrogens with one attached hydrogen (secondary N) is 2. The first-order chi connectivity index (χ1) is 13.7. The van der Waals surface area contributed by atoms with Crippen LogP contribution in [-0.2, 0) is 0 Å². The summed E-state index contributed by atoms with van der Waals surface area (Å²) in [7, 11) is 0. The Morgan fingerprint density at radius 2 is 2.04 bits per heavy atom. The van der Waals surface area contributed by atoms with Crippen molar-refractivity contribution < 1.29 is 0 Å². The van der Waals surface area contributed by atoms with Gasteiger partial charge in [0.05, 0.1) is 17.3 Å². The Bertz CT molecular complexity index is 1220. The van der Waals surface area contributed by atoms with Crippen LogP contribution in [0.1, 0.15) is 24.8 Å². The lowest BCUT2D eigenvalue weighted by molar-refractivity contribution is 0.687. The molecule has 0 aliphatic heterocycles. The van der Waals surface area contributed by atoms with Gasteiger partial charge in [-0.1, -0.05) is 18.2 Å². The van der Waals surface area contributed by atoms with Crippen molar-refractivity contribution >= 4 is 27.6 Å². The molecule has 4 aromatic rings. The number of H-pyrrole nitrogens is 1. The van der Waals surface area contributed by atoms with Crippen molar-refractivity contribution in [1.82, 2.24) is 15.0 Å². The van der Waals surface area contributed by atoms with E-state index in [4.69, 9.17) is 5.73 Å². The van der Waals surface area contributed by atoms with Crippen LogP contribution in [0.15, 0.2) is 48.9 Å². The van der Waals surface area contributed by atoms with Crippen molar-refractivity contribution in [3.63, 3.8) is 0 Å². The van der Waals surface area contributed by atoms with E-state index in [0.717, 1.165) is 58.0 Å². The van der Waals surface area contributed by atoms with Crippen molar-refractivity contribution in [2.75, 3.05) is 5.32 Å². The lowest BCUT2D eigenvalue weighted by Gasteiger charge is -2.14. The summed E-state index contributed by atoms with van der Waals surface area (Å²) >= 11 is 0. The van der Waals surface area contributed by atoms with Crippen LogP contribution in [0.2, 0.25) is 0 Å². The third kappa shape index (κ3) is 2.77. The second-order valence-electron chi connectivity index (χ2n) is 7.41. The van der Waals surface area contributed by atoms with Crippen molar-refractivity contribution in [1.29, 1.82) is 5.26 Å². The topological polar surface area (TPSA) is 103 Å². The zero-order valence-corrected chi connectivity index (χ0v) is 15.3. The summed E-state index contributed by atoms with van der Waals surface area (Å²) in [4.78, 5) is 12.3. The first-order valence-corrected chi connectivity index (χ1v) is 9.50. The number of fused-ring (bicyclic) bond motifs is 2. The molecule has 4 N–H and O–H groups in total. The van der Waals surface area contributed by atoms with E-state index in [9.17, 15) is 5.26 Å². The van der Waals surface area contributed by atoms with Gasteiger partial charge in [-0.05, 0) is 31.4 Å². The maximum Gasteiger partial charge on any atom is 0.126 e. The Morgan fingerprint density at radius 3 is 2.86 bits per heavy atom. The molecule has 0 radical (unpaired) electrons. The number of anilines is 1. The molecule has 0 unspecified atom stereocenters. The number of benzene rings is 1. The standard InChI is InChI=1S/C22H20N6/c23-9-13-10-25-20-12-27-21(28-15-6-5-14(24)7-15)8-17(20)22(13)18-11-26-19-4-2-1-3-16(18)19/h1-4,8,10-12,14-15,26H,5-7,24H2,(H,27,28)/t14-,15+/m0/s1. The maximum atomic E-state index is 9.73. The van der Waals surface area contributed by atoms with Gasteiger partial charge in [-0.2, -0.15) is 5.26 Å². The minimum absolute atomic E-state index is 0.256. The lowest BCUT2D eigenvalue weighted by Crippen LogP contribution is -2.21. The van der Waals surface area contributed by atoms with Gasteiger partial charge in [0.1, 0.15) is 11.9 Å². The molecule has 2 atom stereocenters. The van der Waals surface area contributed by atoms with Gasteiger partial charge >= 0.3 is 0 Å². The number of rotatable bonds is 3. The van der Waals surface area contributed by atoms with E-state index < -0.39 is 0 Å². The summed E-state index contributed by atoms with van der Waals surface area (Å²) in [5.41, 5.74) is 10.3. The fourth-order valence-corrected chi connectivity index (χ4v) is 4.18. The van der Waals surface area contributed by atoms with Gasteiger partial charge in [-0.3, -0.25) is 4.98 Å². The third-order valence-corrected chi connectivity index (χ3v) is 5.56.